The molecule has 0 rings (SSSR count). The molecule has 1 unspecified atom stereocenters. The van der Waals surface area contributed by atoms with Gasteiger partial charge in [0, 0.05) is 6.04 Å². The van der Waals surface area contributed by atoms with Crippen LogP contribution in [-0.4, -0.2) is 6.04 Å². The molecule has 0 aromatic carbocycles. The van der Waals surface area contributed by atoms with Crippen LogP contribution in [0.25, 0.3) is 0 Å². The average molecular weight is 199 g/mol. The topological polar surface area (TPSA) is 26.0 Å². The molecule has 0 radical (unpaired) electrons. The fourth-order valence-electron chi connectivity index (χ4n) is 1.45. The zero-order chi connectivity index (χ0) is 11.4. The highest BCUT2D eigenvalue weighted by Gasteiger charge is 2.20. The van der Waals surface area contributed by atoms with Crippen molar-refractivity contribution in [2.24, 2.45) is 16.6 Å². The van der Waals surface area contributed by atoms with E-state index in [1.165, 1.54) is 25.7 Å². The van der Waals surface area contributed by atoms with E-state index in [1.54, 1.807) is 0 Å². The van der Waals surface area contributed by atoms with Crippen LogP contribution in [0.2, 0.25) is 0 Å². The molecule has 0 aliphatic rings. The van der Waals surface area contributed by atoms with E-state index in [1.807, 2.05) is 0 Å². The van der Waals surface area contributed by atoms with Gasteiger partial charge in [0.2, 0.25) is 0 Å². The van der Waals surface area contributed by atoms with E-state index in [0.29, 0.717) is 11.5 Å². The van der Waals surface area contributed by atoms with Crippen LogP contribution in [0.1, 0.15) is 67.2 Å². The minimum Gasteiger partial charge on any atom is -0.327 e. The molecular weight excluding hydrogens is 170 g/mol. The lowest BCUT2D eigenvalue weighted by Crippen LogP contribution is -2.34. The Kier molecular flexibility index (Phi) is 5.14. The second kappa shape index (κ2) is 5.16. The molecule has 0 spiro atoms. The van der Waals surface area contributed by atoms with Crippen molar-refractivity contribution in [2.75, 3.05) is 0 Å². The molecule has 0 fully saturated rings. The fourth-order valence-corrected chi connectivity index (χ4v) is 1.45. The van der Waals surface area contributed by atoms with Crippen molar-refractivity contribution in [3.8, 4) is 0 Å². The Morgan fingerprint density at radius 2 is 1.43 bits per heavy atom. The summed E-state index contributed by atoms with van der Waals surface area (Å²) in [5.41, 5.74) is 6.84. The minimum absolute atomic E-state index is 0.266. The monoisotopic (exact) mass is 199 g/mol. The molecule has 2 N–H and O–H groups in total. The predicted molar refractivity (Wildman–Crippen MR) is 65.4 cm³/mol. The van der Waals surface area contributed by atoms with Crippen molar-refractivity contribution in [3.05, 3.63) is 0 Å². The first kappa shape index (κ1) is 14.0. The minimum atomic E-state index is 0.266. The molecule has 0 aliphatic carbocycles. The first-order valence-electron chi connectivity index (χ1n) is 5.88. The van der Waals surface area contributed by atoms with E-state index >= 15 is 0 Å². The summed E-state index contributed by atoms with van der Waals surface area (Å²) in [5.74, 6) is 0. The third-order valence-electron chi connectivity index (χ3n) is 2.80. The van der Waals surface area contributed by atoms with Crippen molar-refractivity contribution < 1.29 is 0 Å². The van der Waals surface area contributed by atoms with Gasteiger partial charge >= 0.3 is 0 Å². The van der Waals surface area contributed by atoms with Gasteiger partial charge in [0.05, 0.1) is 0 Å². The number of nitrogens with two attached hydrogens (primary N) is 1. The molecule has 0 aromatic heterocycles. The Morgan fingerprint density at radius 3 is 1.79 bits per heavy atom. The van der Waals surface area contributed by atoms with Crippen LogP contribution in [0.3, 0.4) is 0 Å². The van der Waals surface area contributed by atoms with E-state index in [4.69, 9.17) is 5.73 Å². The van der Waals surface area contributed by atoms with Crippen LogP contribution in [0.4, 0.5) is 0 Å². The first-order valence-corrected chi connectivity index (χ1v) is 5.88. The summed E-state index contributed by atoms with van der Waals surface area (Å²) in [5, 5.41) is 0. The van der Waals surface area contributed by atoms with Crippen molar-refractivity contribution >= 4 is 0 Å². The summed E-state index contributed by atoms with van der Waals surface area (Å²) < 4.78 is 0. The van der Waals surface area contributed by atoms with Gasteiger partial charge in [-0.3, -0.25) is 0 Å². The Labute approximate surface area is 90.5 Å². The van der Waals surface area contributed by atoms with Gasteiger partial charge in [0.15, 0.2) is 0 Å². The molecule has 0 heterocycles. The number of rotatable bonds is 4. The number of hydrogen-bond donors (Lipinski definition) is 1. The smallest absolute Gasteiger partial charge is 0.00876 e. The third-order valence-corrected chi connectivity index (χ3v) is 2.80. The zero-order valence-corrected chi connectivity index (χ0v) is 11.0. The van der Waals surface area contributed by atoms with E-state index in [9.17, 15) is 0 Å². The van der Waals surface area contributed by atoms with Crippen LogP contribution in [0, 0.1) is 10.8 Å². The van der Waals surface area contributed by atoms with E-state index in [0.717, 1.165) is 0 Å². The van der Waals surface area contributed by atoms with Gasteiger partial charge in [-0.2, -0.15) is 0 Å². The number of unbranched alkanes of at least 4 members (excludes halogenated alkanes) is 1. The van der Waals surface area contributed by atoms with Gasteiger partial charge in [0.1, 0.15) is 0 Å². The molecule has 86 valence electrons. The summed E-state index contributed by atoms with van der Waals surface area (Å²) in [6.07, 6.45) is 5.06. The lowest BCUT2D eigenvalue weighted by molar-refractivity contribution is 0.288. The second-order valence-electron chi connectivity index (χ2n) is 6.78. The third kappa shape index (κ3) is 7.37. The van der Waals surface area contributed by atoms with Crippen LogP contribution in [-0.2, 0) is 0 Å². The maximum absolute atomic E-state index is 6.10. The molecule has 0 aliphatic heterocycles. The van der Waals surface area contributed by atoms with Gasteiger partial charge in [0.25, 0.3) is 0 Å². The molecule has 0 aromatic rings. The second-order valence-corrected chi connectivity index (χ2v) is 6.78. The molecule has 0 amide bonds. The molecule has 14 heavy (non-hydrogen) atoms. The Morgan fingerprint density at radius 1 is 0.929 bits per heavy atom. The Hall–Kier alpha value is -0.0400. The molecule has 0 saturated heterocycles. The van der Waals surface area contributed by atoms with Crippen molar-refractivity contribution in [1.82, 2.24) is 0 Å². The van der Waals surface area contributed by atoms with Gasteiger partial charge in [-0.1, -0.05) is 54.4 Å². The lowest BCUT2D eigenvalue weighted by Gasteiger charge is -2.27. The van der Waals surface area contributed by atoms with Crippen molar-refractivity contribution in [3.63, 3.8) is 0 Å². The maximum Gasteiger partial charge on any atom is 0.00876 e. The highest BCUT2D eigenvalue weighted by molar-refractivity contribution is 4.76. The van der Waals surface area contributed by atoms with E-state index in [2.05, 4.69) is 41.5 Å². The van der Waals surface area contributed by atoms with Crippen LogP contribution in [0.15, 0.2) is 0 Å². The summed E-state index contributed by atoms with van der Waals surface area (Å²) in [6.45, 7) is 13.6. The molecular formula is C13H29N. The largest absolute Gasteiger partial charge is 0.327 e. The molecule has 1 heteroatoms. The number of hydrogen-bond acceptors (Lipinski definition) is 1. The first-order chi connectivity index (χ1) is 6.13. The molecule has 1 nitrogen and oxygen atoms in total. The van der Waals surface area contributed by atoms with E-state index < -0.39 is 0 Å². The lowest BCUT2D eigenvalue weighted by atomic mass is 9.83. The molecule has 0 bridgehead atoms. The Balaban J connectivity index is 3.56. The van der Waals surface area contributed by atoms with Gasteiger partial charge in [-0.15, -0.1) is 0 Å². The van der Waals surface area contributed by atoms with Crippen molar-refractivity contribution in [1.29, 1.82) is 0 Å². The van der Waals surface area contributed by atoms with Crippen molar-refractivity contribution in [2.45, 2.75) is 73.3 Å². The van der Waals surface area contributed by atoms with Gasteiger partial charge in [-0.25, -0.2) is 0 Å². The van der Waals surface area contributed by atoms with Gasteiger partial charge < -0.3 is 5.73 Å². The molecule has 0 saturated carbocycles. The molecule has 1 atom stereocenters. The highest BCUT2D eigenvalue weighted by atomic mass is 14.7. The SMILES string of the molecule is CC(C)(C)CCCCC(N)C(C)(C)C. The zero-order valence-electron chi connectivity index (χ0n) is 11.0. The quantitative estimate of drug-likeness (QED) is 0.681. The van der Waals surface area contributed by atoms with E-state index in [-0.39, 0.29) is 5.41 Å². The highest BCUT2D eigenvalue weighted by Crippen LogP contribution is 2.25. The Bertz CT molecular complexity index is 148. The fraction of sp³-hybridized carbons (Fsp3) is 1.00. The average Bonchev–Trinajstić information content (AvgIpc) is 1.93. The standard InChI is InChI=1S/C13H29N/c1-12(2,3)10-8-7-9-11(14)13(4,5)6/h11H,7-10,14H2,1-6H3. The van der Waals surface area contributed by atoms with Crippen LogP contribution >= 0.6 is 0 Å². The normalized spacial score (nSPS) is 15.6. The summed E-state index contributed by atoms with van der Waals surface area (Å²) in [4.78, 5) is 0. The van der Waals surface area contributed by atoms with Crippen LogP contribution in [0.5, 0.6) is 0 Å². The van der Waals surface area contributed by atoms with Crippen LogP contribution < -0.4 is 5.73 Å². The summed E-state index contributed by atoms with van der Waals surface area (Å²) in [6, 6.07) is 0.350. The summed E-state index contributed by atoms with van der Waals surface area (Å²) >= 11 is 0. The van der Waals surface area contributed by atoms with Gasteiger partial charge in [-0.05, 0) is 23.7 Å². The predicted octanol–water partition coefficient (Wildman–Crippen LogP) is 3.97. The summed E-state index contributed by atoms with van der Waals surface area (Å²) in [7, 11) is 0. The maximum atomic E-state index is 6.10.